The number of phenols is 1. The largest absolute Gasteiger partial charge is 0.502 e. The van der Waals surface area contributed by atoms with Crippen molar-refractivity contribution < 1.29 is 14.4 Å². The van der Waals surface area contributed by atoms with Gasteiger partial charge in [0.15, 0.2) is 5.58 Å². The van der Waals surface area contributed by atoms with Gasteiger partial charge in [-0.15, -0.1) is 0 Å². The Bertz CT molecular complexity index is 1330. The molecule has 9 heteroatoms. The lowest BCUT2D eigenvalue weighted by Gasteiger charge is -2.04. The van der Waals surface area contributed by atoms with E-state index in [1.165, 1.54) is 12.3 Å². The molecule has 0 aliphatic carbocycles. The van der Waals surface area contributed by atoms with Gasteiger partial charge in [-0.2, -0.15) is 0 Å². The first kappa shape index (κ1) is 19.9. The molecule has 1 heterocycles. The average molecular weight is 442 g/mol. The van der Waals surface area contributed by atoms with Crippen LogP contribution in [-0.2, 0) is 0 Å². The number of aryl methyl sites for hydroxylation is 1. The summed E-state index contributed by atoms with van der Waals surface area (Å²) < 4.78 is 5.79. The molecule has 0 fully saturated rings. The van der Waals surface area contributed by atoms with Crippen LogP contribution in [0.5, 0.6) is 5.75 Å². The molecule has 0 bridgehead atoms. The van der Waals surface area contributed by atoms with Crippen molar-refractivity contribution >= 4 is 51.9 Å². The molecule has 30 heavy (non-hydrogen) atoms. The van der Waals surface area contributed by atoms with Gasteiger partial charge in [0.1, 0.15) is 5.52 Å². The van der Waals surface area contributed by atoms with E-state index in [1.54, 1.807) is 24.3 Å². The number of benzene rings is 3. The molecule has 0 amide bonds. The molecular weight excluding hydrogens is 429 g/mol. The summed E-state index contributed by atoms with van der Waals surface area (Å²) in [4.78, 5) is 19.2. The van der Waals surface area contributed by atoms with Gasteiger partial charge in [0.25, 0.3) is 0 Å². The Morgan fingerprint density at radius 1 is 1.13 bits per heavy atom. The molecule has 0 saturated carbocycles. The van der Waals surface area contributed by atoms with E-state index in [0.717, 1.165) is 11.6 Å². The molecule has 0 saturated heterocycles. The third kappa shape index (κ3) is 3.85. The maximum Gasteiger partial charge on any atom is 0.312 e. The SMILES string of the molecule is Cc1ccc(-c2nc3cc(Cl)ccc3o2)cc1N=Cc1cc(Cl)cc([N+](=O)[O-])c1O. The van der Waals surface area contributed by atoms with E-state index in [4.69, 9.17) is 27.6 Å². The van der Waals surface area contributed by atoms with Crippen LogP contribution in [-0.4, -0.2) is 21.2 Å². The van der Waals surface area contributed by atoms with Crippen LogP contribution in [0.2, 0.25) is 10.0 Å². The summed E-state index contributed by atoms with van der Waals surface area (Å²) in [7, 11) is 0. The number of phenolic OH excluding ortho intramolecular Hbond substituents is 1. The maximum atomic E-state index is 11.1. The second-order valence-electron chi connectivity index (χ2n) is 6.51. The second kappa shape index (κ2) is 7.78. The van der Waals surface area contributed by atoms with Gasteiger partial charge in [-0.1, -0.05) is 29.3 Å². The van der Waals surface area contributed by atoms with Crippen molar-refractivity contribution in [2.24, 2.45) is 4.99 Å². The lowest BCUT2D eigenvalue weighted by molar-refractivity contribution is -0.385. The van der Waals surface area contributed by atoms with Gasteiger partial charge < -0.3 is 9.52 Å². The molecule has 150 valence electrons. The van der Waals surface area contributed by atoms with Gasteiger partial charge >= 0.3 is 5.69 Å². The lowest BCUT2D eigenvalue weighted by Crippen LogP contribution is -1.92. The van der Waals surface area contributed by atoms with Crippen molar-refractivity contribution in [3.63, 3.8) is 0 Å². The highest BCUT2D eigenvalue weighted by Gasteiger charge is 2.18. The first-order chi connectivity index (χ1) is 14.3. The topological polar surface area (TPSA) is 102 Å². The fourth-order valence-electron chi connectivity index (χ4n) is 2.89. The second-order valence-corrected chi connectivity index (χ2v) is 7.38. The van der Waals surface area contributed by atoms with Crippen LogP contribution in [0.15, 0.2) is 57.9 Å². The first-order valence-electron chi connectivity index (χ1n) is 8.70. The number of nitro benzene ring substituents is 1. The number of aliphatic imine (C=N–C) groups is 1. The molecule has 4 rings (SSSR count). The molecule has 7 nitrogen and oxygen atoms in total. The molecule has 3 aromatic carbocycles. The summed E-state index contributed by atoms with van der Waals surface area (Å²) in [5.74, 6) is -0.0947. The zero-order valence-electron chi connectivity index (χ0n) is 15.5. The molecule has 0 aliphatic rings. The Balaban J connectivity index is 1.73. The fraction of sp³-hybridized carbons (Fsp3) is 0.0476. The van der Waals surface area contributed by atoms with Crippen molar-refractivity contribution in [3.05, 3.63) is 79.8 Å². The highest BCUT2D eigenvalue weighted by Crippen LogP contribution is 2.34. The van der Waals surface area contributed by atoms with Crippen LogP contribution in [0.25, 0.3) is 22.6 Å². The first-order valence-corrected chi connectivity index (χ1v) is 9.45. The van der Waals surface area contributed by atoms with Crippen LogP contribution < -0.4 is 0 Å². The number of nitrogens with zero attached hydrogens (tertiary/aromatic N) is 3. The maximum absolute atomic E-state index is 11.1. The molecule has 0 radical (unpaired) electrons. The molecule has 0 aliphatic heterocycles. The van der Waals surface area contributed by atoms with Crippen LogP contribution in [0.3, 0.4) is 0 Å². The van der Waals surface area contributed by atoms with E-state index in [1.807, 2.05) is 19.1 Å². The summed E-state index contributed by atoms with van der Waals surface area (Å²) >= 11 is 11.9. The molecule has 0 unspecified atom stereocenters. The van der Waals surface area contributed by atoms with Gasteiger partial charge in [-0.25, -0.2) is 4.98 Å². The Labute approximate surface area is 180 Å². The summed E-state index contributed by atoms with van der Waals surface area (Å²) in [6.07, 6.45) is 1.33. The van der Waals surface area contributed by atoms with E-state index in [2.05, 4.69) is 9.98 Å². The molecule has 1 aromatic heterocycles. The van der Waals surface area contributed by atoms with E-state index in [0.29, 0.717) is 33.3 Å². The number of fused-ring (bicyclic) bond motifs is 1. The van der Waals surface area contributed by atoms with Gasteiger partial charge in [-0.3, -0.25) is 15.1 Å². The third-order valence-corrected chi connectivity index (χ3v) is 4.88. The van der Waals surface area contributed by atoms with E-state index in [9.17, 15) is 15.2 Å². The zero-order chi connectivity index (χ0) is 21.4. The highest BCUT2D eigenvalue weighted by atomic mass is 35.5. The molecule has 0 spiro atoms. The lowest BCUT2D eigenvalue weighted by atomic mass is 10.1. The smallest absolute Gasteiger partial charge is 0.312 e. The molecule has 4 aromatic rings. The minimum absolute atomic E-state index is 0.122. The molecule has 0 atom stereocenters. The normalized spacial score (nSPS) is 11.4. The summed E-state index contributed by atoms with van der Waals surface area (Å²) in [6, 6.07) is 13.1. The number of hydrogen-bond acceptors (Lipinski definition) is 6. The number of hydrogen-bond donors (Lipinski definition) is 1. The Morgan fingerprint density at radius 2 is 1.93 bits per heavy atom. The number of halogens is 2. The zero-order valence-corrected chi connectivity index (χ0v) is 17.0. The predicted molar refractivity (Wildman–Crippen MR) is 116 cm³/mol. The average Bonchev–Trinajstić information content (AvgIpc) is 3.12. The Kier molecular flexibility index (Phi) is 5.15. The van der Waals surface area contributed by atoms with Crippen molar-refractivity contribution in [1.29, 1.82) is 0 Å². The van der Waals surface area contributed by atoms with Crippen molar-refractivity contribution in [1.82, 2.24) is 4.98 Å². The highest BCUT2D eigenvalue weighted by molar-refractivity contribution is 6.31. The van der Waals surface area contributed by atoms with E-state index < -0.39 is 16.4 Å². The number of aromatic hydroxyl groups is 1. The Hall–Kier alpha value is -3.42. The molecular formula is C21H13Cl2N3O4. The van der Waals surface area contributed by atoms with Crippen LogP contribution >= 0.6 is 23.2 Å². The summed E-state index contributed by atoms with van der Waals surface area (Å²) in [5.41, 5.74) is 3.02. The van der Waals surface area contributed by atoms with Crippen LogP contribution in [0.4, 0.5) is 11.4 Å². The fourth-order valence-corrected chi connectivity index (χ4v) is 3.27. The van der Waals surface area contributed by atoms with Crippen LogP contribution in [0.1, 0.15) is 11.1 Å². The standard InChI is InChI=1S/C21H13Cl2N3O4/c1-11-2-3-12(21-25-17-8-14(22)4-5-19(17)30-21)7-16(11)24-10-13-6-15(23)9-18(20(13)27)26(28)29/h2-10,27H,1H3. The number of nitro groups is 1. The quantitative estimate of drug-likeness (QED) is 0.222. The predicted octanol–water partition coefficient (Wildman–Crippen LogP) is 6.47. The number of rotatable bonds is 4. The van der Waals surface area contributed by atoms with Gasteiger partial charge in [0.2, 0.25) is 11.6 Å². The van der Waals surface area contributed by atoms with Crippen molar-refractivity contribution in [3.8, 4) is 17.2 Å². The minimum atomic E-state index is -0.704. The van der Waals surface area contributed by atoms with Crippen LogP contribution in [0, 0.1) is 17.0 Å². The Morgan fingerprint density at radius 3 is 2.70 bits per heavy atom. The molecule has 1 N–H and O–H groups in total. The van der Waals surface area contributed by atoms with E-state index >= 15 is 0 Å². The van der Waals surface area contributed by atoms with Crippen molar-refractivity contribution in [2.75, 3.05) is 0 Å². The summed E-state index contributed by atoms with van der Waals surface area (Å²) in [6.45, 7) is 1.86. The third-order valence-electron chi connectivity index (χ3n) is 4.43. The van der Waals surface area contributed by atoms with E-state index in [-0.39, 0.29) is 10.6 Å². The monoisotopic (exact) mass is 441 g/mol. The number of oxazole rings is 1. The van der Waals surface area contributed by atoms with Gasteiger partial charge in [0.05, 0.1) is 10.6 Å². The summed E-state index contributed by atoms with van der Waals surface area (Å²) in [5, 5.41) is 21.9. The number of aromatic nitrogens is 1. The van der Waals surface area contributed by atoms with Crippen molar-refractivity contribution in [2.45, 2.75) is 6.92 Å². The van der Waals surface area contributed by atoms with Gasteiger partial charge in [0, 0.05) is 33.5 Å². The van der Waals surface area contributed by atoms with Gasteiger partial charge in [-0.05, 0) is 48.9 Å². The minimum Gasteiger partial charge on any atom is -0.502 e.